The van der Waals surface area contributed by atoms with Gasteiger partial charge in [-0.3, -0.25) is 0 Å². The van der Waals surface area contributed by atoms with Crippen molar-refractivity contribution in [3.8, 4) is 39.4 Å². The van der Waals surface area contributed by atoms with Crippen LogP contribution in [-0.4, -0.2) is 0 Å². The van der Waals surface area contributed by atoms with E-state index in [1.54, 1.807) is 0 Å². The highest BCUT2D eigenvalue weighted by molar-refractivity contribution is 6.05. The van der Waals surface area contributed by atoms with Crippen molar-refractivity contribution in [1.29, 1.82) is 5.26 Å². The molecule has 1 heteroatoms. The molecular weight excluding hydrogens is 410 g/mol. The van der Waals surface area contributed by atoms with E-state index in [9.17, 15) is 5.26 Å². The van der Waals surface area contributed by atoms with Crippen LogP contribution in [0.2, 0.25) is 0 Å². The fourth-order valence-corrected chi connectivity index (χ4v) is 4.61. The molecule has 0 aliphatic rings. The van der Waals surface area contributed by atoms with E-state index in [0.717, 1.165) is 22.3 Å². The van der Waals surface area contributed by atoms with Gasteiger partial charge in [0.15, 0.2) is 0 Å². The molecule has 1 nitrogen and oxygen atoms in total. The van der Waals surface area contributed by atoms with Gasteiger partial charge in [-0.25, -0.2) is 0 Å². The predicted octanol–water partition coefficient (Wildman–Crippen LogP) is 9.14. The van der Waals surface area contributed by atoms with Gasteiger partial charge in [0.2, 0.25) is 0 Å². The SMILES string of the molecule is Cc1ccc(-c2cc(C#N)cc(-c3ccc(-c4ccc(C(C)C)cc4)c4ccccc34)c2)cc1. The summed E-state index contributed by atoms with van der Waals surface area (Å²) in [4.78, 5) is 0. The van der Waals surface area contributed by atoms with Crippen LogP contribution >= 0.6 is 0 Å². The van der Waals surface area contributed by atoms with Gasteiger partial charge < -0.3 is 0 Å². The molecule has 0 saturated heterocycles. The maximum atomic E-state index is 9.74. The van der Waals surface area contributed by atoms with E-state index in [1.165, 1.54) is 33.0 Å². The van der Waals surface area contributed by atoms with Gasteiger partial charge in [-0.2, -0.15) is 5.26 Å². The van der Waals surface area contributed by atoms with Crippen LogP contribution in [0.3, 0.4) is 0 Å². The maximum Gasteiger partial charge on any atom is 0.0992 e. The fraction of sp³-hybridized carbons (Fsp3) is 0.121. The van der Waals surface area contributed by atoms with Crippen LogP contribution in [0.4, 0.5) is 0 Å². The lowest BCUT2D eigenvalue weighted by atomic mass is 9.89. The first-order chi connectivity index (χ1) is 16.5. The molecule has 34 heavy (non-hydrogen) atoms. The Kier molecular flexibility index (Phi) is 5.74. The Morgan fingerprint density at radius 1 is 0.588 bits per heavy atom. The number of nitriles is 1. The summed E-state index contributed by atoms with van der Waals surface area (Å²) in [6.07, 6.45) is 0. The highest BCUT2D eigenvalue weighted by atomic mass is 14.2. The molecule has 164 valence electrons. The molecule has 0 unspecified atom stereocenters. The summed E-state index contributed by atoms with van der Waals surface area (Å²) in [7, 11) is 0. The summed E-state index contributed by atoms with van der Waals surface area (Å²) in [5.74, 6) is 0.517. The Labute approximate surface area is 202 Å². The highest BCUT2D eigenvalue weighted by Crippen LogP contribution is 2.37. The smallest absolute Gasteiger partial charge is 0.0992 e. The Balaban J connectivity index is 1.67. The summed E-state index contributed by atoms with van der Waals surface area (Å²) in [6, 6.07) is 38.9. The summed E-state index contributed by atoms with van der Waals surface area (Å²) in [5.41, 5.74) is 10.1. The number of hydrogen-bond acceptors (Lipinski definition) is 1. The molecule has 0 saturated carbocycles. The fourth-order valence-electron chi connectivity index (χ4n) is 4.61. The number of benzene rings is 5. The second kappa shape index (κ2) is 9.00. The molecule has 0 aliphatic heterocycles. The van der Waals surface area contributed by atoms with Gasteiger partial charge in [-0.1, -0.05) is 104 Å². The third-order valence-electron chi connectivity index (χ3n) is 6.57. The van der Waals surface area contributed by atoms with Gasteiger partial charge in [0.25, 0.3) is 0 Å². The number of fused-ring (bicyclic) bond motifs is 1. The molecule has 0 atom stereocenters. The lowest BCUT2D eigenvalue weighted by Crippen LogP contribution is -1.90. The molecule has 0 N–H and O–H groups in total. The van der Waals surface area contributed by atoms with Gasteiger partial charge in [-0.05, 0) is 80.8 Å². The van der Waals surface area contributed by atoms with Crippen molar-refractivity contribution < 1.29 is 0 Å². The van der Waals surface area contributed by atoms with Crippen LogP contribution in [0.1, 0.15) is 36.5 Å². The molecule has 0 amide bonds. The van der Waals surface area contributed by atoms with Crippen molar-refractivity contribution in [3.05, 3.63) is 120 Å². The molecule has 5 aromatic rings. The third-order valence-corrected chi connectivity index (χ3v) is 6.57. The summed E-state index contributed by atoms with van der Waals surface area (Å²) < 4.78 is 0. The Morgan fingerprint density at radius 3 is 1.74 bits per heavy atom. The predicted molar refractivity (Wildman–Crippen MR) is 144 cm³/mol. The molecule has 0 fully saturated rings. The lowest BCUT2D eigenvalue weighted by molar-refractivity contribution is 0.867. The zero-order valence-electron chi connectivity index (χ0n) is 19.8. The molecule has 0 radical (unpaired) electrons. The highest BCUT2D eigenvalue weighted by Gasteiger charge is 2.12. The van der Waals surface area contributed by atoms with Crippen molar-refractivity contribution in [2.24, 2.45) is 0 Å². The Hall–Kier alpha value is -4.15. The number of aryl methyl sites for hydroxylation is 1. The van der Waals surface area contributed by atoms with Gasteiger partial charge in [-0.15, -0.1) is 0 Å². The van der Waals surface area contributed by atoms with E-state index in [0.29, 0.717) is 11.5 Å². The van der Waals surface area contributed by atoms with E-state index in [-0.39, 0.29) is 0 Å². The molecule has 0 bridgehead atoms. The largest absolute Gasteiger partial charge is 0.192 e. The summed E-state index contributed by atoms with van der Waals surface area (Å²) >= 11 is 0. The minimum Gasteiger partial charge on any atom is -0.192 e. The van der Waals surface area contributed by atoms with Gasteiger partial charge in [0.05, 0.1) is 11.6 Å². The van der Waals surface area contributed by atoms with E-state index < -0.39 is 0 Å². The molecule has 0 aliphatic carbocycles. The standard InChI is InChI=1S/C33H27N/c1-22(2)25-12-14-27(15-13-25)30-16-17-31(33-7-5-4-6-32(30)33)29-19-24(21-34)18-28(20-29)26-10-8-23(3)9-11-26/h4-20,22H,1-3H3. The van der Waals surface area contributed by atoms with Gasteiger partial charge in [0, 0.05) is 0 Å². The van der Waals surface area contributed by atoms with Gasteiger partial charge in [0.1, 0.15) is 0 Å². The maximum absolute atomic E-state index is 9.74. The Morgan fingerprint density at radius 2 is 1.15 bits per heavy atom. The molecule has 0 aromatic heterocycles. The first-order valence-corrected chi connectivity index (χ1v) is 11.8. The average molecular weight is 438 g/mol. The summed E-state index contributed by atoms with van der Waals surface area (Å²) in [5, 5.41) is 12.2. The van der Waals surface area contributed by atoms with Crippen molar-refractivity contribution in [2.75, 3.05) is 0 Å². The zero-order chi connectivity index (χ0) is 23.7. The second-order valence-electron chi connectivity index (χ2n) is 9.26. The number of hydrogen-bond donors (Lipinski definition) is 0. The first kappa shape index (κ1) is 21.7. The normalized spacial score (nSPS) is 11.0. The number of rotatable bonds is 4. The third kappa shape index (κ3) is 4.12. The van der Waals surface area contributed by atoms with E-state index in [1.807, 2.05) is 12.1 Å². The van der Waals surface area contributed by atoms with E-state index in [4.69, 9.17) is 0 Å². The quantitative estimate of drug-likeness (QED) is 0.275. The zero-order valence-corrected chi connectivity index (χ0v) is 19.8. The Bertz CT molecular complexity index is 1510. The average Bonchev–Trinajstić information content (AvgIpc) is 2.88. The molecule has 5 aromatic carbocycles. The van der Waals surface area contributed by atoms with Crippen LogP contribution in [0, 0.1) is 18.3 Å². The van der Waals surface area contributed by atoms with Crippen LogP contribution in [-0.2, 0) is 0 Å². The number of nitrogens with zero attached hydrogens (tertiary/aromatic N) is 1. The van der Waals surface area contributed by atoms with Crippen LogP contribution in [0.5, 0.6) is 0 Å². The van der Waals surface area contributed by atoms with Gasteiger partial charge >= 0.3 is 0 Å². The topological polar surface area (TPSA) is 23.8 Å². The lowest BCUT2D eigenvalue weighted by Gasteiger charge is -2.14. The molecular formula is C33H27N. The van der Waals surface area contributed by atoms with Crippen LogP contribution < -0.4 is 0 Å². The summed E-state index contributed by atoms with van der Waals surface area (Å²) in [6.45, 7) is 6.53. The van der Waals surface area contributed by atoms with Crippen LogP contribution in [0.15, 0.2) is 103 Å². The minimum atomic E-state index is 0.517. The van der Waals surface area contributed by atoms with Crippen molar-refractivity contribution in [1.82, 2.24) is 0 Å². The minimum absolute atomic E-state index is 0.517. The van der Waals surface area contributed by atoms with E-state index in [2.05, 4.69) is 118 Å². The van der Waals surface area contributed by atoms with E-state index >= 15 is 0 Å². The first-order valence-electron chi connectivity index (χ1n) is 11.8. The molecule has 5 rings (SSSR count). The molecule has 0 spiro atoms. The second-order valence-corrected chi connectivity index (χ2v) is 9.26. The van der Waals surface area contributed by atoms with Crippen molar-refractivity contribution in [2.45, 2.75) is 26.7 Å². The van der Waals surface area contributed by atoms with Crippen LogP contribution in [0.25, 0.3) is 44.2 Å². The van der Waals surface area contributed by atoms with Crippen molar-refractivity contribution >= 4 is 10.8 Å². The monoisotopic (exact) mass is 437 g/mol. The van der Waals surface area contributed by atoms with Crippen molar-refractivity contribution in [3.63, 3.8) is 0 Å². The molecule has 0 heterocycles.